The maximum Gasteiger partial charge on any atom is 0.251 e. The highest BCUT2D eigenvalue weighted by Gasteiger charge is 2.31. The molecule has 1 rings (SSSR count). The van der Waals surface area contributed by atoms with Gasteiger partial charge in [-0.25, -0.2) is 8.78 Å². The maximum absolute atomic E-state index is 12.4. The summed E-state index contributed by atoms with van der Waals surface area (Å²) in [6, 6.07) is 10.2. The van der Waals surface area contributed by atoms with Crippen molar-refractivity contribution in [2.75, 3.05) is 27.2 Å². The lowest BCUT2D eigenvalue weighted by Crippen LogP contribution is -2.42. The Morgan fingerprint density at radius 2 is 1.79 bits per heavy atom. The second-order valence-electron chi connectivity index (χ2n) is 5.71. The van der Waals surface area contributed by atoms with Crippen LogP contribution >= 0.6 is 0 Å². The summed E-state index contributed by atoms with van der Waals surface area (Å²) in [5, 5.41) is 3.30. The van der Waals surface area contributed by atoms with E-state index in [9.17, 15) is 8.78 Å². The lowest BCUT2D eigenvalue weighted by Gasteiger charge is -2.37. The van der Waals surface area contributed by atoms with Crippen LogP contribution in [-0.2, 0) is 0 Å². The monoisotopic (exact) mass is 270 g/mol. The zero-order valence-corrected chi connectivity index (χ0v) is 12.2. The molecule has 1 aromatic rings. The van der Waals surface area contributed by atoms with Gasteiger partial charge in [-0.15, -0.1) is 0 Å². The number of hydrogen-bond acceptors (Lipinski definition) is 2. The molecule has 0 aliphatic heterocycles. The van der Waals surface area contributed by atoms with E-state index >= 15 is 0 Å². The predicted molar refractivity (Wildman–Crippen MR) is 75.5 cm³/mol. The third kappa shape index (κ3) is 4.88. The third-order valence-electron chi connectivity index (χ3n) is 3.33. The molecule has 108 valence electrons. The summed E-state index contributed by atoms with van der Waals surface area (Å²) in [6.07, 6.45) is -2.29. The standard InChI is InChI=1S/C15H24F2N2/c1-15(2,11-19(4)10-13(16)17)14(18-3)12-8-6-5-7-9-12/h5-9,13-14,18H,10-11H2,1-4H3. The van der Waals surface area contributed by atoms with Gasteiger partial charge in [0.15, 0.2) is 0 Å². The molecule has 0 heterocycles. The van der Waals surface area contributed by atoms with Gasteiger partial charge in [0, 0.05) is 12.6 Å². The van der Waals surface area contributed by atoms with Crippen molar-refractivity contribution in [2.45, 2.75) is 26.3 Å². The molecule has 0 bridgehead atoms. The highest BCUT2D eigenvalue weighted by atomic mass is 19.3. The van der Waals surface area contributed by atoms with E-state index < -0.39 is 6.43 Å². The summed E-state index contributed by atoms with van der Waals surface area (Å²) in [4.78, 5) is 1.69. The molecule has 0 fully saturated rings. The van der Waals surface area contributed by atoms with Crippen LogP contribution in [0, 0.1) is 5.41 Å². The molecule has 0 aliphatic rings. The fourth-order valence-electron chi connectivity index (χ4n) is 2.74. The highest BCUT2D eigenvalue weighted by molar-refractivity contribution is 5.21. The summed E-state index contributed by atoms with van der Waals surface area (Å²) < 4.78 is 24.8. The molecule has 1 unspecified atom stereocenters. The van der Waals surface area contributed by atoms with Crippen molar-refractivity contribution < 1.29 is 8.78 Å². The lowest BCUT2D eigenvalue weighted by atomic mass is 9.80. The number of hydrogen-bond donors (Lipinski definition) is 1. The van der Waals surface area contributed by atoms with Crippen LogP contribution < -0.4 is 5.32 Å². The van der Waals surface area contributed by atoms with Gasteiger partial charge in [-0.3, -0.25) is 0 Å². The maximum atomic E-state index is 12.4. The molecule has 0 aliphatic carbocycles. The van der Waals surface area contributed by atoms with Crippen LogP contribution in [-0.4, -0.2) is 38.5 Å². The van der Waals surface area contributed by atoms with Crippen molar-refractivity contribution in [3.05, 3.63) is 35.9 Å². The summed E-state index contributed by atoms with van der Waals surface area (Å²) in [5.74, 6) is 0. The molecule has 0 aromatic heterocycles. The predicted octanol–water partition coefficient (Wildman–Crippen LogP) is 3.17. The molecule has 0 radical (unpaired) electrons. The number of nitrogens with one attached hydrogen (secondary N) is 1. The van der Waals surface area contributed by atoms with E-state index in [-0.39, 0.29) is 18.0 Å². The Hall–Kier alpha value is -1.00. The van der Waals surface area contributed by atoms with Gasteiger partial charge in [0.05, 0.1) is 6.54 Å². The van der Waals surface area contributed by atoms with Crippen molar-refractivity contribution in [1.29, 1.82) is 0 Å². The molecule has 0 saturated heterocycles. The Bertz CT molecular complexity index is 366. The van der Waals surface area contributed by atoms with Crippen LogP contribution in [0.15, 0.2) is 30.3 Å². The van der Waals surface area contributed by atoms with Crippen LogP contribution in [0.4, 0.5) is 8.78 Å². The quantitative estimate of drug-likeness (QED) is 0.818. The van der Waals surface area contributed by atoms with Gasteiger partial charge in [-0.05, 0) is 25.1 Å². The van der Waals surface area contributed by atoms with E-state index in [0.717, 1.165) is 0 Å². The number of halogens is 2. The molecule has 0 saturated carbocycles. The smallest absolute Gasteiger partial charge is 0.251 e. The van der Waals surface area contributed by atoms with Crippen molar-refractivity contribution in [2.24, 2.45) is 5.41 Å². The van der Waals surface area contributed by atoms with Gasteiger partial charge in [-0.2, -0.15) is 0 Å². The fourth-order valence-corrected chi connectivity index (χ4v) is 2.74. The van der Waals surface area contributed by atoms with E-state index in [2.05, 4.69) is 31.3 Å². The van der Waals surface area contributed by atoms with E-state index in [4.69, 9.17) is 0 Å². The lowest BCUT2D eigenvalue weighted by molar-refractivity contribution is 0.0733. The first-order valence-corrected chi connectivity index (χ1v) is 6.55. The second kappa shape index (κ2) is 6.96. The summed E-state index contributed by atoms with van der Waals surface area (Å²) >= 11 is 0. The molecular formula is C15H24F2N2. The van der Waals surface area contributed by atoms with Crippen molar-refractivity contribution in [3.8, 4) is 0 Å². The van der Waals surface area contributed by atoms with Crippen LogP contribution in [0.5, 0.6) is 0 Å². The third-order valence-corrected chi connectivity index (χ3v) is 3.33. The molecule has 4 heteroatoms. The van der Waals surface area contributed by atoms with Crippen molar-refractivity contribution in [3.63, 3.8) is 0 Å². The normalized spacial score (nSPS) is 14.1. The van der Waals surface area contributed by atoms with E-state index in [1.165, 1.54) is 5.56 Å². The second-order valence-corrected chi connectivity index (χ2v) is 5.71. The van der Waals surface area contributed by atoms with Gasteiger partial charge >= 0.3 is 0 Å². The largest absolute Gasteiger partial charge is 0.313 e. The number of alkyl halides is 2. The van der Waals surface area contributed by atoms with Crippen LogP contribution in [0.2, 0.25) is 0 Å². The Morgan fingerprint density at radius 1 is 1.21 bits per heavy atom. The van der Waals surface area contributed by atoms with Gasteiger partial charge in [-0.1, -0.05) is 44.2 Å². The van der Waals surface area contributed by atoms with Crippen LogP contribution in [0.3, 0.4) is 0 Å². The Morgan fingerprint density at radius 3 is 2.26 bits per heavy atom. The van der Waals surface area contributed by atoms with Crippen molar-refractivity contribution >= 4 is 0 Å². The highest BCUT2D eigenvalue weighted by Crippen LogP contribution is 2.33. The van der Waals surface area contributed by atoms with E-state index in [1.807, 2.05) is 25.2 Å². The molecule has 1 atom stereocenters. The Kier molecular flexibility index (Phi) is 5.88. The Balaban J connectivity index is 2.78. The SMILES string of the molecule is CNC(c1ccccc1)C(C)(C)CN(C)CC(F)F. The first kappa shape index (κ1) is 16.1. The zero-order valence-electron chi connectivity index (χ0n) is 12.2. The molecule has 0 spiro atoms. The van der Waals surface area contributed by atoms with Crippen molar-refractivity contribution in [1.82, 2.24) is 10.2 Å². The minimum Gasteiger partial charge on any atom is -0.313 e. The fraction of sp³-hybridized carbons (Fsp3) is 0.600. The molecule has 19 heavy (non-hydrogen) atoms. The van der Waals surface area contributed by atoms with Gasteiger partial charge in [0.25, 0.3) is 6.43 Å². The summed E-state index contributed by atoms with van der Waals surface area (Å²) in [6.45, 7) is 4.62. The molecule has 1 N–H and O–H groups in total. The van der Waals surface area contributed by atoms with Crippen LogP contribution in [0.25, 0.3) is 0 Å². The first-order valence-electron chi connectivity index (χ1n) is 6.55. The van der Waals surface area contributed by atoms with E-state index in [0.29, 0.717) is 6.54 Å². The van der Waals surface area contributed by atoms with Gasteiger partial charge < -0.3 is 10.2 Å². The topological polar surface area (TPSA) is 15.3 Å². The number of nitrogens with zero attached hydrogens (tertiary/aromatic N) is 1. The number of rotatable bonds is 7. The molecule has 1 aromatic carbocycles. The minimum atomic E-state index is -2.29. The first-order chi connectivity index (χ1) is 8.86. The molecule has 2 nitrogen and oxygen atoms in total. The number of benzene rings is 1. The summed E-state index contributed by atoms with van der Waals surface area (Å²) in [5.41, 5.74) is 1.04. The minimum absolute atomic E-state index is 0.133. The average molecular weight is 270 g/mol. The van der Waals surface area contributed by atoms with Crippen LogP contribution in [0.1, 0.15) is 25.5 Å². The summed E-state index contributed by atoms with van der Waals surface area (Å²) in [7, 11) is 3.65. The Labute approximate surface area is 114 Å². The van der Waals surface area contributed by atoms with E-state index in [1.54, 1.807) is 11.9 Å². The zero-order chi connectivity index (χ0) is 14.5. The van der Waals surface area contributed by atoms with Gasteiger partial charge in [0.1, 0.15) is 0 Å². The molecule has 0 amide bonds. The average Bonchev–Trinajstić information content (AvgIpc) is 2.28. The van der Waals surface area contributed by atoms with Gasteiger partial charge in [0.2, 0.25) is 0 Å². The molecular weight excluding hydrogens is 246 g/mol.